The highest BCUT2D eigenvalue weighted by atomic mass is 32.1. The first-order valence-electron chi connectivity index (χ1n) is 11.6. The molecule has 2 unspecified atom stereocenters. The molecule has 0 amide bonds. The Balaban J connectivity index is 1.89. The van der Waals surface area contributed by atoms with Crippen LogP contribution < -0.4 is 19.5 Å². The largest absolute Gasteiger partial charge is 0.493 e. The van der Waals surface area contributed by atoms with Crippen molar-refractivity contribution in [2.75, 3.05) is 21.3 Å². The van der Waals surface area contributed by atoms with Gasteiger partial charge in [0, 0.05) is 40.1 Å². The average Bonchev–Trinajstić information content (AvgIpc) is 3.36. The molecule has 0 saturated heterocycles. The van der Waals surface area contributed by atoms with E-state index in [9.17, 15) is 9.59 Å². The van der Waals surface area contributed by atoms with Gasteiger partial charge >= 0.3 is 5.97 Å². The molecule has 35 heavy (non-hydrogen) atoms. The molecule has 2 aliphatic rings. The fraction of sp³-hybridized carbons (Fsp3) is 0.407. The number of rotatable bonds is 7. The van der Waals surface area contributed by atoms with Crippen molar-refractivity contribution in [1.82, 2.24) is 5.32 Å². The number of hydrogen-bond donors (Lipinski definition) is 1. The Labute approximate surface area is 209 Å². The number of thiophene rings is 1. The van der Waals surface area contributed by atoms with Crippen molar-refractivity contribution >= 4 is 23.1 Å². The molecule has 8 heteroatoms. The van der Waals surface area contributed by atoms with Crippen molar-refractivity contribution in [3.05, 3.63) is 62.6 Å². The van der Waals surface area contributed by atoms with Crippen LogP contribution in [0.5, 0.6) is 17.2 Å². The number of ether oxygens (including phenoxy) is 4. The summed E-state index contributed by atoms with van der Waals surface area (Å²) in [5.74, 6) is 0.394. The number of esters is 1. The van der Waals surface area contributed by atoms with Gasteiger partial charge < -0.3 is 24.3 Å². The molecular weight excluding hydrogens is 466 g/mol. The maximum absolute atomic E-state index is 13.7. The second-order valence-corrected chi connectivity index (χ2v) is 9.92. The molecule has 0 spiro atoms. The van der Waals surface area contributed by atoms with Crippen molar-refractivity contribution in [2.45, 2.75) is 51.6 Å². The second-order valence-electron chi connectivity index (χ2n) is 8.95. The lowest BCUT2D eigenvalue weighted by Crippen LogP contribution is -2.36. The first kappa shape index (κ1) is 24.9. The third-order valence-corrected chi connectivity index (χ3v) is 7.39. The predicted molar refractivity (Wildman–Crippen MR) is 134 cm³/mol. The minimum atomic E-state index is -0.622. The summed E-state index contributed by atoms with van der Waals surface area (Å²) in [6.45, 7) is 5.46. The Kier molecular flexibility index (Phi) is 7.21. The molecule has 0 fully saturated rings. The van der Waals surface area contributed by atoms with Crippen LogP contribution in [0.3, 0.4) is 0 Å². The molecule has 1 aliphatic carbocycles. The molecule has 1 aromatic heterocycles. The third kappa shape index (κ3) is 4.67. The Bertz CT molecular complexity index is 1170. The smallest absolute Gasteiger partial charge is 0.337 e. The maximum atomic E-state index is 13.7. The highest BCUT2D eigenvalue weighted by Gasteiger charge is 2.42. The third-order valence-electron chi connectivity index (χ3n) is 6.36. The van der Waals surface area contributed by atoms with Crippen LogP contribution in [0.1, 0.15) is 55.9 Å². The number of Topliss-reactive ketones (excluding diaryl/α,β-unsaturated/α-hetero) is 1. The molecule has 1 aliphatic heterocycles. The normalized spacial score (nSPS) is 19.9. The number of benzene rings is 1. The number of dihydropyridines is 1. The summed E-state index contributed by atoms with van der Waals surface area (Å²) in [5, 5.41) is 5.41. The predicted octanol–water partition coefficient (Wildman–Crippen LogP) is 5.09. The Hall–Kier alpha value is -3.26. The van der Waals surface area contributed by atoms with Crippen molar-refractivity contribution in [3.63, 3.8) is 0 Å². The van der Waals surface area contributed by atoms with E-state index < -0.39 is 11.9 Å². The Morgan fingerprint density at radius 2 is 1.77 bits per heavy atom. The highest BCUT2D eigenvalue weighted by molar-refractivity contribution is 7.10. The van der Waals surface area contributed by atoms with E-state index in [1.807, 2.05) is 18.4 Å². The average molecular weight is 498 g/mol. The van der Waals surface area contributed by atoms with Gasteiger partial charge in [-0.25, -0.2) is 4.79 Å². The van der Waals surface area contributed by atoms with E-state index in [2.05, 4.69) is 11.4 Å². The zero-order chi connectivity index (χ0) is 25.3. The molecule has 1 aromatic carbocycles. The van der Waals surface area contributed by atoms with Crippen molar-refractivity contribution in [1.29, 1.82) is 0 Å². The van der Waals surface area contributed by atoms with Crippen LogP contribution in [-0.2, 0) is 14.3 Å². The Morgan fingerprint density at radius 1 is 1.09 bits per heavy atom. The van der Waals surface area contributed by atoms with E-state index in [0.29, 0.717) is 52.5 Å². The fourth-order valence-electron chi connectivity index (χ4n) is 4.91. The molecule has 2 heterocycles. The molecular formula is C27H31NO6S. The lowest BCUT2D eigenvalue weighted by atomic mass is 9.72. The van der Waals surface area contributed by atoms with Gasteiger partial charge in [0.1, 0.15) is 0 Å². The molecule has 0 radical (unpaired) electrons. The van der Waals surface area contributed by atoms with E-state index in [0.717, 1.165) is 5.70 Å². The number of hydrogen-bond acceptors (Lipinski definition) is 8. The zero-order valence-corrected chi connectivity index (χ0v) is 21.7. The first-order chi connectivity index (χ1) is 16.8. The van der Waals surface area contributed by atoms with Crippen molar-refractivity contribution in [3.8, 4) is 17.2 Å². The monoisotopic (exact) mass is 497 g/mol. The molecule has 0 saturated carbocycles. The lowest BCUT2D eigenvalue weighted by Gasteiger charge is -2.36. The maximum Gasteiger partial charge on any atom is 0.337 e. The minimum Gasteiger partial charge on any atom is -0.493 e. The topological polar surface area (TPSA) is 83.1 Å². The lowest BCUT2D eigenvalue weighted by molar-refractivity contribution is -0.143. The number of methoxy groups -OCH3 is 3. The van der Waals surface area contributed by atoms with E-state index in [1.54, 1.807) is 51.5 Å². The summed E-state index contributed by atoms with van der Waals surface area (Å²) in [6, 6.07) is 7.68. The van der Waals surface area contributed by atoms with Crippen molar-refractivity contribution in [2.24, 2.45) is 0 Å². The van der Waals surface area contributed by atoms with Crippen LogP contribution in [0.25, 0.3) is 0 Å². The summed E-state index contributed by atoms with van der Waals surface area (Å²) < 4.78 is 22.2. The van der Waals surface area contributed by atoms with Crippen LogP contribution in [-0.4, -0.2) is 39.2 Å². The van der Waals surface area contributed by atoms with E-state index in [4.69, 9.17) is 18.9 Å². The van der Waals surface area contributed by atoms with Crippen LogP contribution in [0.2, 0.25) is 0 Å². The van der Waals surface area contributed by atoms with Gasteiger partial charge in [-0.05, 0) is 56.3 Å². The number of carbonyl (C=O) groups excluding carboxylic acids is 2. The summed E-state index contributed by atoms with van der Waals surface area (Å²) in [6.07, 6.45) is 0.767. The number of carbonyl (C=O) groups is 2. The van der Waals surface area contributed by atoms with Crippen molar-refractivity contribution < 1.29 is 28.5 Å². The molecule has 186 valence electrons. The zero-order valence-electron chi connectivity index (χ0n) is 20.9. The van der Waals surface area contributed by atoms with Gasteiger partial charge in [0.05, 0.1) is 33.0 Å². The molecule has 0 bridgehead atoms. The summed E-state index contributed by atoms with van der Waals surface area (Å²) in [4.78, 5) is 28.2. The molecule has 2 atom stereocenters. The van der Waals surface area contributed by atoms with Crippen LogP contribution >= 0.6 is 11.3 Å². The standard InChI is InChI=1S/C27H31NO6S/c1-14(2)34-27(30)23-15(3)28-18-10-16(22-8-7-9-35-22)11-19(29)25(18)24(23)17-12-20(31-4)26(33-6)21(13-17)32-5/h7-9,12-14,16,24,28H,10-11H2,1-6H3. The van der Waals surface area contributed by atoms with Gasteiger partial charge in [-0.1, -0.05) is 6.07 Å². The van der Waals surface area contributed by atoms with Gasteiger partial charge in [-0.2, -0.15) is 0 Å². The van der Waals surface area contributed by atoms with Crippen LogP contribution in [0.4, 0.5) is 0 Å². The van der Waals surface area contributed by atoms with E-state index >= 15 is 0 Å². The second kappa shape index (κ2) is 10.2. The summed E-state index contributed by atoms with van der Waals surface area (Å²) in [7, 11) is 4.62. The highest BCUT2D eigenvalue weighted by Crippen LogP contribution is 2.49. The van der Waals surface area contributed by atoms with E-state index in [-0.39, 0.29) is 17.8 Å². The van der Waals surface area contributed by atoms with Crippen LogP contribution in [0.15, 0.2) is 52.2 Å². The van der Waals surface area contributed by atoms with Gasteiger partial charge in [-0.15, -0.1) is 11.3 Å². The van der Waals surface area contributed by atoms with Gasteiger partial charge in [0.2, 0.25) is 5.75 Å². The van der Waals surface area contributed by atoms with E-state index in [1.165, 1.54) is 12.0 Å². The molecule has 2 aromatic rings. The van der Waals surface area contributed by atoms with Gasteiger partial charge in [0.15, 0.2) is 17.3 Å². The minimum absolute atomic E-state index is 0.0123. The molecule has 7 nitrogen and oxygen atoms in total. The number of allylic oxidation sites excluding steroid dienone is 3. The SMILES string of the molecule is COc1cc(C2C(C(=O)OC(C)C)=C(C)NC3=C2C(=O)CC(c2cccs2)C3)cc(OC)c1OC. The fourth-order valence-corrected chi connectivity index (χ4v) is 5.74. The summed E-state index contributed by atoms with van der Waals surface area (Å²) in [5.41, 5.74) is 3.22. The van der Waals surface area contributed by atoms with Crippen LogP contribution in [0, 0.1) is 0 Å². The van der Waals surface area contributed by atoms with Gasteiger partial charge in [0.25, 0.3) is 0 Å². The molecule has 4 rings (SSSR count). The number of ketones is 1. The number of nitrogens with one attached hydrogen (secondary N) is 1. The van der Waals surface area contributed by atoms with Gasteiger partial charge in [-0.3, -0.25) is 4.79 Å². The first-order valence-corrected chi connectivity index (χ1v) is 12.4. The molecule has 1 N–H and O–H groups in total. The quantitative estimate of drug-likeness (QED) is 0.534. The Morgan fingerprint density at radius 3 is 2.31 bits per heavy atom. The summed E-state index contributed by atoms with van der Waals surface area (Å²) >= 11 is 1.66.